The summed E-state index contributed by atoms with van der Waals surface area (Å²) in [4.78, 5) is 4.35. The first-order valence-corrected chi connectivity index (χ1v) is 5.88. The van der Waals surface area contributed by atoms with Gasteiger partial charge in [-0.2, -0.15) is 0 Å². The van der Waals surface area contributed by atoms with Gasteiger partial charge in [0.05, 0.1) is 0 Å². The number of para-hydroxylation sites is 1. The molecule has 0 spiro atoms. The molecule has 0 amide bonds. The molecule has 0 saturated carbocycles. The molecule has 0 aliphatic heterocycles. The Balaban J connectivity index is 2.15. The average molecular weight is 229 g/mol. The summed E-state index contributed by atoms with van der Waals surface area (Å²) in [7, 11) is 0. The summed E-state index contributed by atoms with van der Waals surface area (Å²) in [6.45, 7) is 7.61. The van der Waals surface area contributed by atoms with Crippen LogP contribution in [0.2, 0.25) is 0 Å². The molecule has 2 rings (SSSR count). The molecule has 1 aromatic carbocycles. The number of hydrogen-bond donors (Lipinski definition) is 1. The van der Waals surface area contributed by atoms with Crippen molar-refractivity contribution in [1.29, 1.82) is 0 Å². The van der Waals surface area contributed by atoms with E-state index < -0.39 is 0 Å². The van der Waals surface area contributed by atoms with Crippen LogP contribution >= 0.6 is 0 Å². The van der Waals surface area contributed by atoms with Crippen molar-refractivity contribution in [2.45, 2.75) is 27.3 Å². The lowest BCUT2D eigenvalue weighted by Gasteiger charge is -2.20. The molecule has 2 aromatic rings. The third-order valence-corrected chi connectivity index (χ3v) is 2.39. The van der Waals surface area contributed by atoms with E-state index in [1.54, 1.807) is 0 Å². The predicted octanol–water partition coefficient (Wildman–Crippen LogP) is 3.67. The smallest absolute Gasteiger partial charge is 0.207 e. The van der Waals surface area contributed by atoms with Crippen LogP contribution in [0.1, 0.15) is 20.8 Å². The molecule has 1 N–H and O–H groups in total. The lowest BCUT2D eigenvalue weighted by atomic mass is 9.97. The Morgan fingerprint density at radius 3 is 2.53 bits per heavy atom. The van der Waals surface area contributed by atoms with Crippen LogP contribution in [-0.4, -0.2) is 9.55 Å². The topological polar surface area (TPSA) is 29.9 Å². The van der Waals surface area contributed by atoms with E-state index in [-0.39, 0.29) is 5.41 Å². The minimum absolute atomic E-state index is 0.244. The van der Waals surface area contributed by atoms with Gasteiger partial charge >= 0.3 is 0 Å². The zero-order valence-electron chi connectivity index (χ0n) is 10.6. The third kappa shape index (κ3) is 3.34. The first-order valence-electron chi connectivity index (χ1n) is 5.88. The highest BCUT2D eigenvalue weighted by atomic mass is 15.2. The van der Waals surface area contributed by atoms with Gasteiger partial charge in [-0.05, 0) is 17.5 Å². The molecule has 0 atom stereocenters. The molecular weight excluding hydrogens is 210 g/mol. The fraction of sp³-hybridized carbons (Fsp3) is 0.357. The Morgan fingerprint density at radius 2 is 1.88 bits per heavy atom. The number of aromatic nitrogens is 2. The van der Waals surface area contributed by atoms with Crippen molar-refractivity contribution in [1.82, 2.24) is 9.55 Å². The second kappa shape index (κ2) is 4.62. The molecule has 0 bridgehead atoms. The van der Waals surface area contributed by atoms with Crippen molar-refractivity contribution in [3.63, 3.8) is 0 Å². The lowest BCUT2D eigenvalue weighted by Crippen LogP contribution is -2.16. The predicted molar refractivity (Wildman–Crippen MR) is 71.4 cm³/mol. The molecular formula is C14H19N3. The zero-order valence-corrected chi connectivity index (χ0v) is 10.6. The fourth-order valence-corrected chi connectivity index (χ4v) is 1.72. The van der Waals surface area contributed by atoms with Gasteiger partial charge in [-0.3, -0.25) is 0 Å². The second-order valence-electron chi connectivity index (χ2n) is 5.43. The highest BCUT2D eigenvalue weighted by Gasteiger charge is 2.13. The maximum atomic E-state index is 4.35. The van der Waals surface area contributed by atoms with Crippen molar-refractivity contribution in [3.05, 3.63) is 42.7 Å². The van der Waals surface area contributed by atoms with E-state index >= 15 is 0 Å². The van der Waals surface area contributed by atoms with Crippen LogP contribution in [0.3, 0.4) is 0 Å². The number of imidazole rings is 1. The maximum absolute atomic E-state index is 4.35. The number of hydrogen-bond acceptors (Lipinski definition) is 2. The molecule has 3 heteroatoms. The van der Waals surface area contributed by atoms with Crippen LogP contribution in [0.4, 0.5) is 11.6 Å². The average Bonchev–Trinajstić information content (AvgIpc) is 2.65. The Kier molecular flexibility index (Phi) is 3.18. The number of anilines is 2. The van der Waals surface area contributed by atoms with Gasteiger partial charge in [-0.15, -0.1) is 0 Å². The Bertz CT molecular complexity index is 466. The van der Waals surface area contributed by atoms with E-state index in [4.69, 9.17) is 0 Å². The Morgan fingerprint density at radius 1 is 1.18 bits per heavy atom. The van der Waals surface area contributed by atoms with Gasteiger partial charge in [-0.1, -0.05) is 39.0 Å². The van der Waals surface area contributed by atoms with Crippen LogP contribution < -0.4 is 5.32 Å². The summed E-state index contributed by atoms with van der Waals surface area (Å²) in [6.07, 6.45) is 3.84. The normalized spacial score (nSPS) is 11.5. The number of nitrogens with one attached hydrogen (secondary N) is 1. The van der Waals surface area contributed by atoms with Gasteiger partial charge in [0, 0.05) is 24.6 Å². The van der Waals surface area contributed by atoms with E-state index in [0.29, 0.717) is 0 Å². The zero-order chi connectivity index (χ0) is 12.3. The molecule has 3 nitrogen and oxygen atoms in total. The summed E-state index contributed by atoms with van der Waals surface area (Å²) < 4.78 is 2.15. The van der Waals surface area contributed by atoms with Crippen LogP contribution in [0.15, 0.2) is 42.7 Å². The molecule has 90 valence electrons. The Labute approximate surface area is 103 Å². The van der Waals surface area contributed by atoms with Crippen LogP contribution in [0.5, 0.6) is 0 Å². The highest BCUT2D eigenvalue weighted by Crippen LogP contribution is 2.21. The molecule has 0 unspecified atom stereocenters. The van der Waals surface area contributed by atoms with Crippen molar-refractivity contribution in [2.24, 2.45) is 5.41 Å². The second-order valence-corrected chi connectivity index (χ2v) is 5.43. The number of rotatable bonds is 3. The van der Waals surface area contributed by atoms with E-state index in [1.165, 1.54) is 0 Å². The van der Waals surface area contributed by atoms with E-state index in [9.17, 15) is 0 Å². The van der Waals surface area contributed by atoms with Crippen LogP contribution in [-0.2, 0) is 6.54 Å². The minimum atomic E-state index is 0.244. The van der Waals surface area contributed by atoms with Crippen molar-refractivity contribution < 1.29 is 0 Å². The van der Waals surface area contributed by atoms with Crippen LogP contribution in [0.25, 0.3) is 0 Å². The first kappa shape index (κ1) is 11.7. The Hall–Kier alpha value is -1.77. The van der Waals surface area contributed by atoms with Crippen LogP contribution in [0, 0.1) is 5.41 Å². The van der Waals surface area contributed by atoms with Gasteiger partial charge in [0.15, 0.2) is 0 Å². The summed E-state index contributed by atoms with van der Waals surface area (Å²) in [6, 6.07) is 10.1. The fourth-order valence-electron chi connectivity index (χ4n) is 1.72. The van der Waals surface area contributed by atoms with E-state index in [1.807, 2.05) is 42.7 Å². The van der Waals surface area contributed by atoms with Gasteiger partial charge in [-0.25, -0.2) is 4.98 Å². The molecule has 0 saturated heterocycles. The van der Waals surface area contributed by atoms with Gasteiger partial charge in [0.1, 0.15) is 0 Å². The molecule has 0 radical (unpaired) electrons. The minimum Gasteiger partial charge on any atom is -0.326 e. The van der Waals surface area contributed by atoms with Gasteiger partial charge in [0.25, 0.3) is 0 Å². The van der Waals surface area contributed by atoms with Crippen molar-refractivity contribution in [2.75, 3.05) is 5.32 Å². The standard InChI is InChI=1S/C14H19N3/c1-14(2,3)11-17-10-9-15-13(17)16-12-7-5-4-6-8-12/h4-10H,11H2,1-3H3,(H,15,16). The third-order valence-electron chi connectivity index (χ3n) is 2.39. The van der Waals surface area contributed by atoms with E-state index in [0.717, 1.165) is 18.2 Å². The summed E-state index contributed by atoms with van der Waals surface area (Å²) >= 11 is 0. The highest BCUT2D eigenvalue weighted by molar-refractivity contribution is 5.52. The summed E-state index contributed by atoms with van der Waals surface area (Å²) in [5, 5.41) is 3.33. The molecule has 17 heavy (non-hydrogen) atoms. The number of nitrogens with zero attached hydrogens (tertiary/aromatic N) is 2. The lowest BCUT2D eigenvalue weighted by molar-refractivity contribution is 0.346. The summed E-state index contributed by atoms with van der Waals surface area (Å²) in [5.74, 6) is 0.895. The molecule has 0 aliphatic carbocycles. The quantitative estimate of drug-likeness (QED) is 0.870. The van der Waals surface area contributed by atoms with Gasteiger partial charge < -0.3 is 9.88 Å². The van der Waals surface area contributed by atoms with Crippen molar-refractivity contribution >= 4 is 11.6 Å². The molecule has 0 aliphatic rings. The molecule has 1 heterocycles. The molecule has 0 fully saturated rings. The van der Waals surface area contributed by atoms with E-state index in [2.05, 4.69) is 35.6 Å². The number of benzene rings is 1. The monoisotopic (exact) mass is 229 g/mol. The first-order chi connectivity index (χ1) is 8.04. The molecule has 1 aromatic heterocycles. The SMILES string of the molecule is CC(C)(C)Cn1ccnc1Nc1ccccc1. The van der Waals surface area contributed by atoms with Crippen molar-refractivity contribution in [3.8, 4) is 0 Å². The summed E-state index contributed by atoms with van der Waals surface area (Å²) in [5.41, 5.74) is 1.31. The van der Waals surface area contributed by atoms with Gasteiger partial charge in [0.2, 0.25) is 5.95 Å². The maximum Gasteiger partial charge on any atom is 0.207 e. The largest absolute Gasteiger partial charge is 0.326 e.